The van der Waals surface area contributed by atoms with Crippen molar-refractivity contribution in [2.24, 2.45) is 0 Å². The van der Waals surface area contributed by atoms with Crippen LogP contribution in [0.3, 0.4) is 0 Å². The van der Waals surface area contributed by atoms with E-state index in [1.54, 1.807) is 11.0 Å². The first kappa shape index (κ1) is 15.2. The summed E-state index contributed by atoms with van der Waals surface area (Å²) in [5.41, 5.74) is 1.34. The molecule has 1 aliphatic carbocycles. The van der Waals surface area contributed by atoms with Crippen molar-refractivity contribution < 1.29 is 18.5 Å². The Balaban J connectivity index is 1.27. The molecule has 0 spiro atoms. The molecule has 0 unspecified atom stereocenters. The molecule has 2 fully saturated rings. The van der Waals surface area contributed by atoms with E-state index in [0.29, 0.717) is 36.2 Å². The maximum atomic E-state index is 12.2. The van der Waals surface area contributed by atoms with E-state index in [0.717, 1.165) is 24.2 Å². The molecule has 1 aromatic carbocycles. The number of carbonyl (C=O) groups is 1. The molecule has 1 saturated heterocycles. The van der Waals surface area contributed by atoms with E-state index in [9.17, 15) is 4.79 Å². The lowest BCUT2D eigenvalue weighted by Crippen LogP contribution is -2.56. The highest BCUT2D eigenvalue weighted by molar-refractivity contribution is 5.94. The third kappa shape index (κ3) is 2.75. The summed E-state index contributed by atoms with van der Waals surface area (Å²) < 4.78 is 16.5. The Morgan fingerprint density at radius 1 is 1.19 bits per heavy atom. The summed E-state index contributed by atoms with van der Waals surface area (Å²) in [4.78, 5) is 18.5. The van der Waals surface area contributed by atoms with Crippen molar-refractivity contribution in [1.29, 1.82) is 0 Å². The van der Waals surface area contributed by atoms with Crippen LogP contribution in [-0.2, 0) is 0 Å². The van der Waals surface area contributed by atoms with Gasteiger partial charge in [-0.3, -0.25) is 4.79 Å². The number of carbonyl (C=O) groups excluding carboxylic acids is 1. The van der Waals surface area contributed by atoms with Crippen molar-refractivity contribution in [2.45, 2.75) is 24.9 Å². The number of amides is 1. The molecule has 26 heavy (non-hydrogen) atoms. The molecule has 3 heterocycles. The number of ether oxygens (including phenoxy) is 1. The molecular weight excluding hydrogens is 334 g/mol. The number of nitrogens with zero attached hydrogens (tertiary/aromatic N) is 3. The molecule has 1 aliphatic heterocycles. The molecule has 0 N–H and O–H groups in total. The monoisotopic (exact) mass is 351 g/mol. The molecule has 2 aromatic heterocycles. The SMILES string of the molecule is O=C(c1ccoc1)N1CC(Oc2ccccc2-c2nc(C3CC3)no2)C1. The lowest BCUT2D eigenvalue weighted by molar-refractivity contribution is 0.0179. The quantitative estimate of drug-likeness (QED) is 0.702. The fourth-order valence-corrected chi connectivity index (χ4v) is 3.02. The topological polar surface area (TPSA) is 81.6 Å². The number of rotatable bonds is 5. The number of furan rings is 1. The molecule has 2 aliphatic rings. The Morgan fingerprint density at radius 2 is 2.04 bits per heavy atom. The van der Waals surface area contributed by atoms with Gasteiger partial charge < -0.3 is 18.6 Å². The van der Waals surface area contributed by atoms with E-state index in [4.69, 9.17) is 13.7 Å². The summed E-state index contributed by atoms with van der Waals surface area (Å²) in [5, 5.41) is 4.07. The zero-order chi connectivity index (χ0) is 17.5. The summed E-state index contributed by atoms with van der Waals surface area (Å²) in [7, 11) is 0. The first-order valence-corrected chi connectivity index (χ1v) is 8.69. The van der Waals surface area contributed by atoms with Crippen LogP contribution in [0.1, 0.15) is 34.9 Å². The normalized spacial score (nSPS) is 17.2. The standard InChI is InChI=1S/C19H17N3O4/c23-19(13-7-8-24-11-13)22-9-14(10-22)25-16-4-2-1-3-15(16)18-20-17(21-26-18)12-5-6-12/h1-4,7-8,11-12,14H,5-6,9-10H2. The zero-order valence-corrected chi connectivity index (χ0v) is 14.0. The second kappa shape index (κ2) is 6.01. The van der Waals surface area contributed by atoms with Gasteiger partial charge in [0.15, 0.2) is 5.82 Å². The van der Waals surface area contributed by atoms with Crippen molar-refractivity contribution in [3.63, 3.8) is 0 Å². The van der Waals surface area contributed by atoms with Gasteiger partial charge in [0.25, 0.3) is 11.8 Å². The van der Waals surface area contributed by atoms with Crippen LogP contribution < -0.4 is 4.74 Å². The van der Waals surface area contributed by atoms with Gasteiger partial charge in [-0.2, -0.15) is 4.98 Å². The van der Waals surface area contributed by atoms with Gasteiger partial charge in [0.1, 0.15) is 18.1 Å². The molecule has 1 amide bonds. The zero-order valence-electron chi connectivity index (χ0n) is 14.0. The van der Waals surface area contributed by atoms with Crippen LogP contribution in [0, 0.1) is 0 Å². The Kier molecular flexibility index (Phi) is 3.51. The molecule has 0 bridgehead atoms. The minimum Gasteiger partial charge on any atom is -0.486 e. The van der Waals surface area contributed by atoms with E-state index in [1.807, 2.05) is 24.3 Å². The largest absolute Gasteiger partial charge is 0.486 e. The van der Waals surface area contributed by atoms with Crippen molar-refractivity contribution in [3.05, 3.63) is 54.2 Å². The first-order valence-electron chi connectivity index (χ1n) is 8.69. The summed E-state index contributed by atoms with van der Waals surface area (Å²) in [5.74, 6) is 2.34. The number of hydrogen-bond donors (Lipinski definition) is 0. The second-order valence-electron chi connectivity index (χ2n) is 6.69. The van der Waals surface area contributed by atoms with Crippen molar-refractivity contribution in [1.82, 2.24) is 15.0 Å². The molecular formula is C19H17N3O4. The maximum Gasteiger partial charge on any atom is 0.261 e. The van der Waals surface area contributed by atoms with Crippen LogP contribution in [0.2, 0.25) is 0 Å². The number of likely N-dealkylation sites (tertiary alicyclic amines) is 1. The molecule has 5 rings (SSSR count). The minimum atomic E-state index is -0.0576. The van der Waals surface area contributed by atoms with E-state index >= 15 is 0 Å². The fourth-order valence-electron chi connectivity index (χ4n) is 3.02. The number of aromatic nitrogens is 2. The van der Waals surface area contributed by atoms with Gasteiger partial charge in [0, 0.05) is 5.92 Å². The predicted molar refractivity (Wildman–Crippen MR) is 90.7 cm³/mol. The average molecular weight is 351 g/mol. The molecule has 0 atom stereocenters. The van der Waals surface area contributed by atoms with Crippen molar-refractivity contribution in [2.75, 3.05) is 13.1 Å². The van der Waals surface area contributed by atoms with Crippen LogP contribution in [-0.4, -0.2) is 40.1 Å². The van der Waals surface area contributed by atoms with Crippen molar-refractivity contribution >= 4 is 5.91 Å². The number of benzene rings is 1. The first-order chi connectivity index (χ1) is 12.8. The molecule has 0 radical (unpaired) electrons. The highest BCUT2D eigenvalue weighted by atomic mass is 16.5. The number of para-hydroxylation sites is 1. The van der Waals surface area contributed by atoms with E-state index in [-0.39, 0.29) is 12.0 Å². The smallest absolute Gasteiger partial charge is 0.261 e. The van der Waals surface area contributed by atoms with Crippen LogP contribution in [0.5, 0.6) is 5.75 Å². The fraction of sp³-hybridized carbons (Fsp3) is 0.316. The van der Waals surface area contributed by atoms with Crippen molar-refractivity contribution in [3.8, 4) is 17.2 Å². The minimum absolute atomic E-state index is 0.0436. The molecule has 1 saturated carbocycles. The molecule has 3 aromatic rings. The summed E-state index contributed by atoms with van der Waals surface area (Å²) in [6.45, 7) is 1.07. The molecule has 7 heteroatoms. The van der Waals surface area contributed by atoms with Gasteiger partial charge in [-0.1, -0.05) is 17.3 Å². The van der Waals surface area contributed by atoms with E-state index < -0.39 is 0 Å². The highest BCUT2D eigenvalue weighted by Crippen LogP contribution is 2.39. The van der Waals surface area contributed by atoms with Crippen LogP contribution in [0.15, 0.2) is 51.8 Å². The second-order valence-corrected chi connectivity index (χ2v) is 6.69. The van der Waals surface area contributed by atoms with E-state index in [2.05, 4.69) is 10.1 Å². The lowest BCUT2D eigenvalue weighted by atomic mass is 10.1. The van der Waals surface area contributed by atoms with Gasteiger partial charge in [-0.25, -0.2) is 0 Å². The lowest BCUT2D eigenvalue weighted by Gasteiger charge is -2.38. The van der Waals surface area contributed by atoms with Gasteiger partial charge in [-0.05, 0) is 31.0 Å². The number of hydrogen-bond acceptors (Lipinski definition) is 6. The molecule has 7 nitrogen and oxygen atoms in total. The van der Waals surface area contributed by atoms with Gasteiger partial charge in [-0.15, -0.1) is 0 Å². The Morgan fingerprint density at radius 3 is 2.81 bits per heavy atom. The van der Waals surface area contributed by atoms with E-state index in [1.165, 1.54) is 12.5 Å². The van der Waals surface area contributed by atoms with Gasteiger partial charge in [0.05, 0.1) is 30.5 Å². The van der Waals surface area contributed by atoms with Gasteiger partial charge >= 0.3 is 0 Å². The Hall–Kier alpha value is -3.09. The van der Waals surface area contributed by atoms with Crippen LogP contribution >= 0.6 is 0 Å². The average Bonchev–Trinajstić information content (AvgIpc) is 3.12. The molecule has 132 valence electrons. The maximum absolute atomic E-state index is 12.2. The summed E-state index contributed by atoms with van der Waals surface area (Å²) >= 11 is 0. The Bertz CT molecular complexity index is 924. The highest BCUT2D eigenvalue weighted by Gasteiger charge is 2.34. The Labute approximate surface area is 149 Å². The third-order valence-corrected chi connectivity index (χ3v) is 4.70. The van der Waals surface area contributed by atoms with Crippen LogP contribution in [0.25, 0.3) is 11.5 Å². The predicted octanol–water partition coefficient (Wildman–Crippen LogP) is 3.11. The van der Waals surface area contributed by atoms with Gasteiger partial charge in [0.2, 0.25) is 0 Å². The van der Waals surface area contributed by atoms with Crippen LogP contribution in [0.4, 0.5) is 0 Å². The third-order valence-electron chi connectivity index (χ3n) is 4.70. The summed E-state index contributed by atoms with van der Waals surface area (Å²) in [6, 6.07) is 9.28. The summed E-state index contributed by atoms with van der Waals surface area (Å²) in [6.07, 6.45) is 5.15.